The molecule has 0 unspecified atom stereocenters. The van der Waals surface area contributed by atoms with E-state index >= 15 is 0 Å². The smallest absolute Gasteiger partial charge is 0.343 e. The minimum absolute atomic E-state index is 0.0936. The molecule has 2 aromatic rings. The Morgan fingerprint density at radius 3 is 2.94 bits per heavy atom. The summed E-state index contributed by atoms with van der Waals surface area (Å²) in [6.45, 7) is 1.98. The summed E-state index contributed by atoms with van der Waals surface area (Å²) in [7, 11) is 1.82. The second-order valence-corrected chi connectivity index (χ2v) is 6.40. The van der Waals surface area contributed by atoms with Crippen molar-refractivity contribution in [3.63, 3.8) is 0 Å². The Kier molecular flexibility index (Phi) is 3.53. The lowest BCUT2D eigenvalue weighted by Crippen LogP contribution is -2.19. The molecule has 0 saturated heterocycles. The topological polar surface area (TPSA) is 48.3 Å². The minimum Gasteiger partial charge on any atom is -0.462 e. The monoisotopic (exact) mass is 363 g/mol. The standard InChI is InChI=1S/C11H10INO3S/c1-3-16-11(15)7-5-13(2)10-6(9(7)14)4-8(12)17-10/h4-5H,3H2,1-2H3. The van der Waals surface area contributed by atoms with E-state index in [0.717, 1.165) is 7.71 Å². The number of esters is 1. The van der Waals surface area contributed by atoms with Crippen LogP contribution < -0.4 is 5.43 Å². The Morgan fingerprint density at radius 2 is 2.29 bits per heavy atom. The number of aromatic nitrogens is 1. The summed E-state index contributed by atoms with van der Waals surface area (Å²) in [5.41, 5.74) is -0.160. The predicted octanol–water partition coefficient (Wildman–Crippen LogP) is 2.38. The second-order valence-electron chi connectivity index (χ2n) is 3.47. The Labute approximate surface area is 115 Å². The van der Waals surface area contributed by atoms with Gasteiger partial charge in [0.05, 0.1) is 14.9 Å². The first-order valence-corrected chi connectivity index (χ1v) is 6.90. The highest BCUT2D eigenvalue weighted by molar-refractivity contribution is 14.1. The highest BCUT2D eigenvalue weighted by Gasteiger charge is 2.16. The van der Waals surface area contributed by atoms with Gasteiger partial charge in [-0.1, -0.05) is 0 Å². The third-order valence-electron chi connectivity index (χ3n) is 2.31. The number of carbonyl (C=O) groups is 1. The van der Waals surface area contributed by atoms with Gasteiger partial charge in [0.25, 0.3) is 0 Å². The van der Waals surface area contributed by atoms with Crippen molar-refractivity contribution in [2.75, 3.05) is 6.61 Å². The van der Waals surface area contributed by atoms with E-state index in [1.165, 1.54) is 17.5 Å². The Balaban J connectivity index is 2.71. The lowest BCUT2D eigenvalue weighted by molar-refractivity contribution is 0.0524. The number of rotatable bonds is 2. The van der Waals surface area contributed by atoms with Crippen molar-refractivity contribution in [3.05, 3.63) is 30.9 Å². The van der Waals surface area contributed by atoms with Gasteiger partial charge < -0.3 is 9.30 Å². The summed E-state index contributed by atoms with van der Waals surface area (Å²) in [5.74, 6) is -0.559. The fourth-order valence-corrected chi connectivity index (χ4v) is 3.34. The Morgan fingerprint density at radius 1 is 1.59 bits per heavy atom. The van der Waals surface area contributed by atoms with Crippen molar-refractivity contribution < 1.29 is 9.53 Å². The van der Waals surface area contributed by atoms with Crippen LogP contribution in [-0.4, -0.2) is 17.1 Å². The van der Waals surface area contributed by atoms with Gasteiger partial charge in [-0.15, -0.1) is 11.3 Å². The first-order valence-electron chi connectivity index (χ1n) is 5.00. The van der Waals surface area contributed by atoms with Crippen LogP contribution in [-0.2, 0) is 11.8 Å². The number of hydrogen-bond donors (Lipinski definition) is 0. The number of aryl methyl sites for hydroxylation is 1. The zero-order valence-electron chi connectivity index (χ0n) is 9.32. The molecule has 2 heterocycles. The van der Waals surface area contributed by atoms with Gasteiger partial charge in [0.1, 0.15) is 10.4 Å². The van der Waals surface area contributed by atoms with Crippen LogP contribution in [0.1, 0.15) is 17.3 Å². The van der Waals surface area contributed by atoms with Crippen molar-refractivity contribution in [1.82, 2.24) is 4.57 Å². The molecule has 90 valence electrons. The largest absolute Gasteiger partial charge is 0.462 e. The van der Waals surface area contributed by atoms with Crippen LogP contribution in [0.25, 0.3) is 10.2 Å². The maximum atomic E-state index is 12.1. The zero-order valence-corrected chi connectivity index (χ0v) is 12.3. The lowest BCUT2D eigenvalue weighted by Gasteiger charge is -2.05. The molecule has 0 aliphatic rings. The molecule has 0 fully saturated rings. The van der Waals surface area contributed by atoms with Crippen LogP contribution in [0.5, 0.6) is 0 Å². The van der Waals surface area contributed by atoms with Crippen LogP contribution in [0.4, 0.5) is 0 Å². The number of thiophene rings is 1. The SMILES string of the molecule is CCOC(=O)c1cn(C)c2sc(I)cc2c1=O. The van der Waals surface area contributed by atoms with Gasteiger partial charge >= 0.3 is 5.97 Å². The Hall–Kier alpha value is -0.890. The fraction of sp³-hybridized carbons (Fsp3) is 0.273. The average Bonchev–Trinajstić information content (AvgIpc) is 2.66. The lowest BCUT2D eigenvalue weighted by atomic mass is 10.2. The van der Waals surface area contributed by atoms with Crippen molar-refractivity contribution in [2.24, 2.45) is 7.05 Å². The van der Waals surface area contributed by atoms with Crippen molar-refractivity contribution >= 4 is 50.1 Å². The van der Waals surface area contributed by atoms with E-state index in [0.29, 0.717) is 5.39 Å². The quantitative estimate of drug-likeness (QED) is 0.608. The van der Waals surface area contributed by atoms with Crippen molar-refractivity contribution in [3.8, 4) is 0 Å². The molecule has 0 aromatic carbocycles. The van der Waals surface area contributed by atoms with Gasteiger partial charge in [0.2, 0.25) is 5.43 Å². The third kappa shape index (κ3) is 2.23. The number of carbonyl (C=O) groups excluding carboxylic acids is 1. The van der Waals surface area contributed by atoms with E-state index in [4.69, 9.17) is 4.74 Å². The van der Waals surface area contributed by atoms with Crippen LogP contribution in [0, 0.1) is 2.88 Å². The van der Waals surface area contributed by atoms with E-state index in [1.54, 1.807) is 17.6 Å². The van der Waals surface area contributed by atoms with Gasteiger partial charge in [-0.3, -0.25) is 4.79 Å². The number of fused-ring (bicyclic) bond motifs is 1. The molecule has 0 aliphatic heterocycles. The molecule has 0 radical (unpaired) electrons. The van der Waals surface area contributed by atoms with E-state index in [9.17, 15) is 9.59 Å². The zero-order chi connectivity index (χ0) is 12.6. The molecule has 0 aliphatic carbocycles. The fourth-order valence-electron chi connectivity index (χ4n) is 1.59. The molecule has 0 spiro atoms. The highest BCUT2D eigenvalue weighted by atomic mass is 127. The van der Waals surface area contributed by atoms with Gasteiger partial charge in [0, 0.05) is 13.2 Å². The normalized spacial score (nSPS) is 10.8. The predicted molar refractivity (Wildman–Crippen MR) is 75.7 cm³/mol. The first-order chi connectivity index (χ1) is 8.04. The van der Waals surface area contributed by atoms with E-state index in [2.05, 4.69) is 22.6 Å². The van der Waals surface area contributed by atoms with Crippen molar-refractivity contribution in [2.45, 2.75) is 6.92 Å². The summed E-state index contributed by atoms with van der Waals surface area (Å²) in [6.07, 6.45) is 1.54. The van der Waals surface area contributed by atoms with Crippen LogP contribution >= 0.6 is 33.9 Å². The maximum Gasteiger partial charge on any atom is 0.343 e. The molecular formula is C11H10INO3S. The Bertz CT molecular complexity index is 644. The summed E-state index contributed by atoms with van der Waals surface area (Å²) in [6, 6.07) is 1.80. The van der Waals surface area contributed by atoms with Gasteiger partial charge in [0.15, 0.2) is 0 Å². The van der Waals surface area contributed by atoms with Crippen LogP contribution in [0.15, 0.2) is 17.1 Å². The maximum absolute atomic E-state index is 12.1. The van der Waals surface area contributed by atoms with Gasteiger partial charge in [-0.25, -0.2) is 4.79 Å². The highest BCUT2D eigenvalue weighted by Crippen LogP contribution is 2.24. The molecule has 0 N–H and O–H groups in total. The van der Waals surface area contributed by atoms with Crippen molar-refractivity contribution in [1.29, 1.82) is 0 Å². The number of nitrogens with zero attached hydrogens (tertiary/aromatic N) is 1. The molecule has 6 heteroatoms. The molecule has 17 heavy (non-hydrogen) atoms. The molecule has 4 nitrogen and oxygen atoms in total. The van der Waals surface area contributed by atoms with E-state index in [-0.39, 0.29) is 17.6 Å². The second kappa shape index (κ2) is 4.77. The van der Waals surface area contributed by atoms with E-state index in [1.807, 2.05) is 7.05 Å². The molecule has 2 rings (SSSR count). The summed E-state index contributed by atoms with van der Waals surface area (Å²) in [4.78, 5) is 24.6. The molecular weight excluding hydrogens is 353 g/mol. The average molecular weight is 363 g/mol. The number of ether oxygens (including phenoxy) is 1. The number of pyridine rings is 1. The molecule has 2 aromatic heterocycles. The number of halogens is 1. The number of hydrogen-bond acceptors (Lipinski definition) is 4. The molecule has 0 amide bonds. The molecule has 0 bridgehead atoms. The summed E-state index contributed by atoms with van der Waals surface area (Å²) < 4.78 is 7.68. The van der Waals surface area contributed by atoms with Crippen LogP contribution in [0.3, 0.4) is 0 Å². The summed E-state index contributed by atoms with van der Waals surface area (Å²) >= 11 is 3.69. The first kappa shape index (κ1) is 12.6. The van der Waals surface area contributed by atoms with E-state index < -0.39 is 5.97 Å². The van der Waals surface area contributed by atoms with Gasteiger partial charge in [-0.2, -0.15) is 0 Å². The summed E-state index contributed by atoms with van der Waals surface area (Å²) in [5, 5.41) is 0.576. The third-order valence-corrected chi connectivity index (χ3v) is 4.30. The molecule has 0 saturated carbocycles. The van der Waals surface area contributed by atoms with Crippen LogP contribution in [0.2, 0.25) is 0 Å². The minimum atomic E-state index is -0.559. The molecule has 0 atom stereocenters. The van der Waals surface area contributed by atoms with Gasteiger partial charge in [-0.05, 0) is 35.6 Å².